The topological polar surface area (TPSA) is 93.5 Å². The third kappa shape index (κ3) is 7.24. The van der Waals surface area contributed by atoms with Gasteiger partial charge in [0.1, 0.15) is 5.75 Å². The van der Waals surface area contributed by atoms with Crippen molar-refractivity contribution in [3.8, 4) is 5.75 Å². The van der Waals surface area contributed by atoms with Gasteiger partial charge in [-0.1, -0.05) is 49.2 Å². The Labute approximate surface area is 190 Å². The smallest absolute Gasteiger partial charge is 0.248 e. The van der Waals surface area contributed by atoms with Crippen LogP contribution in [0.2, 0.25) is 0 Å². The van der Waals surface area contributed by atoms with E-state index in [9.17, 15) is 9.59 Å². The predicted octanol–water partition coefficient (Wildman–Crippen LogP) is 3.83. The van der Waals surface area contributed by atoms with Crippen LogP contribution >= 0.6 is 0 Å². The maximum absolute atomic E-state index is 12.8. The Morgan fingerprint density at radius 2 is 1.78 bits per heavy atom. The van der Waals surface area contributed by atoms with E-state index in [1.165, 1.54) is 11.6 Å². The molecule has 0 aromatic heterocycles. The van der Waals surface area contributed by atoms with Crippen molar-refractivity contribution in [3.05, 3.63) is 72.3 Å². The van der Waals surface area contributed by atoms with Crippen molar-refractivity contribution >= 4 is 17.5 Å². The monoisotopic (exact) mass is 435 g/mol. The molecule has 1 fully saturated rings. The van der Waals surface area contributed by atoms with Gasteiger partial charge in [-0.15, -0.1) is 0 Å². The molecule has 0 radical (unpaired) electrons. The maximum Gasteiger partial charge on any atom is 0.248 e. The number of aryl methyl sites for hydroxylation is 1. The van der Waals surface area contributed by atoms with Crippen molar-refractivity contribution in [2.45, 2.75) is 50.6 Å². The summed E-state index contributed by atoms with van der Waals surface area (Å²) in [6.45, 7) is 0. The van der Waals surface area contributed by atoms with E-state index in [1.807, 2.05) is 18.2 Å². The lowest BCUT2D eigenvalue weighted by atomic mass is 9.97. The van der Waals surface area contributed by atoms with E-state index in [0.717, 1.165) is 37.9 Å². The number of methoxy groups -OCH3 is 1. The molecule has 2 aromatic carbocycles. The number of ether oxygens (including phenoxy) is 1. The second-order valence-electron chi connectivity index (χ2n) is 8.29. The number of carbonyl (C=O) groups is 2. The summed E-state index contributed by atoms with van der Waals surface area (Å²) < 4.78 is 5.13. The number of amides is 2. The lowest BCUT2D eigenvalue weighted by Gasteiger charge is -2.22. The first-order valence-corrected chi connectivity index (χ1v) is 11.3. The molecule has 170 valence electrons. The van der Waals surface area contributed by atoms with Crippen LogP contribution in [0.1, 0.15) is 37.7 Å². The highest BCUT2D eigenvalue weighted by molar-refractivity contribution is 5.99. The molecule has 2 atom stereocenters. The Hall–Kier alpha value is -3.12. The van der Waals surface area contributed by atoms with E-state index in [4.69, 9.17) is 10.5 Å². The van der Waals surface area contributed by atoms with Crippen LogP contribution in [-0.2, 0) is 16.0 Å². The molecule has 4 N–H and O–H groups in total. The van der Waals surface area contributed by atoms with E-state index >= 15 is 0 Å². The van der Waals surface area contributed by atoms with Crippen molar-refractivity contribution in [1.29, 1.82) is 0 Å². The van der Waals surface area contributed by atoms with E-state index in [1.54, 1.807) is 37.5 Å². The zero-order chi connectivity index (χ0) is 22.8. The molecule has 6 heteroatoms. The molecule has 6 nitrogen and oxygen atoms in total. The molecule has 1 saturated carbocycles. The average molecular weight is 436 g/mol. The van der Waals surface area contributed by atoms with Crippen LogP contribution in [0.15, 0.2) is 66.7 Å². The van der Waals surface area contributed by atoms with Crippen LogP contribution in [0.3, 0.4) is 0 Å². The fourth-order valence-electron chi connectivity index (χ4n) is 4.05. The lowest BCUT2D eigenvalue weighted by Crippen LogP contribution is -2.48. The number of carbonyl (C=O) groups excluding carboxylic acids is 2. The van der Waals surface area contributed by atoms with Crippen molar-refractivity contribution < 1.29 is 14.3 Å². The second-order valence-corrected chi connectivity index (χ2v) is 8.29. The van der Waals surface area contributed by atoms with Gasteiger partial charge >= 0.3 is 0 Å². The summed E-state index contributed by atoms with van der Waals surface area (Å²) in [5.74, 6) is 0.567. The minimum atomic E-state index is -0.502. The molecule has 0 bridgehead atoms. The van der Waals surface area contributed by atoms with E-state index in [-0.39, 0.29) is 23.8 Å². The Morgan fingerprint density at radius 1 is 1.09 bits per heavy atom. The molecule has 0 spiro atoms. The highest BCUT2D eigenvalue weighted by Crippen LogP contribution is 2.27. The summed E-state index contributed by atoms with van der Waals surface area (Å²) >= 11 is 0. The van der Waals surface area contributed by atoms with Gasteiger partial charge in [-0.25, -0.2) is 0 Å². The van der Waals surface area contributed by atoms with Gasteiger partial charge in [0.15, 0.2) is 0 Å². The van der Waals surface area contributed by atoms with E-state index < -0.39 is 6.04 Å². The predicted molar refractivity (Wildman–Crippen MR) is 127 cm³/mol. The van der Waals surface area contributed by atoms with Crippen molar-refractivity contribution in [2.24, 2.45) is 11.7 Å². The molecule has 1 aliphatic rings. The summed E-state index contributed by atoms with van der Waals surface area (Å²) in [6, 6.07) is 16.4. The number of rotatable bonds is 10. The normalized spacial score (nSPS) is 15.9. The molecule has 2 aromatic rings. The molecule has 0 unspecified atom stereocenters. The number of nitrogens with one attached hydrogen (secondary N) is 2. The van der Waals surface area contributed by atoms with Gasteiger partial charge in [-0.2, -0.15) is 0 Å². The number of benzene rings is 2. The molecule has 1 aliphatic carbocycles. The number of nitrogens with two attached hydrogens (primary N) is 1. The van der Waals surface area contributed by atoms with Crippen molar-refractivity contribution in [1.82, 2.24) is 5.32 Å². The standard InChI is InChI=1S/C26H33N3O3/c1-32-23-16-13-21(14-17-23)28-24(30)18-15-22(12-11-19-7-3-2-4-8-19)29-26(31)25(27)20-9-5-6-10-20/h2-4,7-8,13-18,20,22,25H,5-6,9-12,27H2,1H3,(H,28,30)(H,29,31)/t22-,25-/m0/s1. The van der Waals surface area contributed by atoms with E-state index in [2.05, 4.69) is 22.8 Å². The molecule has 0 aliphatic heterocycles. The Bertz CT molecular complexity index is 890. The molecule has 0 saturated heterocycles. The quantitative estimate of drug-likeness (QED) is 0.495. The molecule has 2 amide bonds. The Morgan fingerprint density at radius 3 is 2.44 bits per heavy atom. The van der Waals surface area contributed by atoms with Crippen LogP contribution in [0.5, 0.6) is 5.75 Å². The van der Waals surface area contributed by atoms with Gasteiger partial charge in [0.25, 0.3) is 0 Å². The number of hydrogen-bond acceptors (Lipinski definition) is 4. The van der Waals surface area contributed by atoms with Gasteiger partial charge in [-0.3, -0.25) is 9.59 Å². The van der Waals surface area contributed by atoms with Gasteiger partial charge in [0, 0.05) is 17.8 Å². The van der Waals surface area contributed by atoms with Gasteiger partial charge in [-0.05, 0) is 61.4 Å². The van der Waals surface area contributed by atoms with Crippen molar-refractivity contribution in [2.75, 3.05) is 12.4 Å². The summed E-state index contributed by atoms with van der Waals surface area (Å²) in [4.78, 5) is 25.2. The third-order valence-electron chi connectivity index (χ3n) is 5.96. The van der Waals surface area contributed by atoms with Gasteiger partial charge in [0.2, 0.25) is 11.8 Å². The maximum atomic E-state index is 12.8. The van der Waals surface area contributed by atoms with Crippen LogP contribution in [-0.4, -0.2) is 31.0 Å². The lowest BCUT2D eigenvalue weighted by molar-refractivity contribution is -0.124. The van der Waals surface area contributed by atoms with Gasteiger partial charge < -0.3 is 21.1 Å². The molecular weight excluding hydrogens is 402 g/mol. The molecular formula is C26H33N3O3. The van der Waals surface area contributed by atoms with Crippen LogP contribution in [0.25, 0.3) is 0 Å². The van der Waals surface area contributed by atoms with Crippen LogP contribution < -0.4 is 21.1 Å². The number of hydrogen-bond donors (Lipinski definition) is 3. The van der Waals surface area contributed by atoms with E-state index in [0.29, 0.717) is 12.1 Å². The second kappa shape index (κ2) is 12.1. The zero-order valence-corrected chi connectivity index (χ0v) is 18.6. The Balaban J connectivity index is 1.61. The average Bonchev–Trinajstić information content (AvgIpc) is 3.36. The SMILES string of the molecule is COc1ccc(NC(=O)C=C[C@H](CCc2ccccc2)NC(=O)[C@@H](N)C2CCCC2)cc1. The Kier molecular flexibility index (Phi) is 8.87. The highest BCUT2D eigenvalue weighted by Gasteiger charge is 2.28. The highest BCUT2D eigenvalue weighted by atomic mass is 16.5. The van der Waals surface area contributed by atoms with Crippen molar-refractivity contribution in [3.63, 3.8) is 0 Å². The first-order valence-electron chi connectivity index (χ1n) is 11.3. The fourth-order valence-corrected chi connectivity index (χ4v) is 4.05. The summed E-state index contributed by atoms with van der Waals surface area (Å²) in [5.41, 5.74) is 8.09. The third-order valence-corrected chi connectivity index (χ3v) is 5.96. The van der Waals surface area contributed by atoms with Crippen LogP contribution in [0.4, 0.5) is 5.69 Å². The number of anilines is 1. The minimum Gasteiger partial charge on any atom is -0.497 e. The molecule has 3 rings (SSSR count). The first-order chi connectivity index (χ1) is 15.5. The zero-order valence-electron chi connectivity index (χ0n) is 18.6. The molecule has 0 heterocycles. The molecule has 32 heavy (non-hydrogen) atoms. The summed E-state index contributed by atoms with van der Waals surface area (Å²) in [5, 5.41) is 5.88. The summed E-state index contributed by atoms with van der Waals surface area (Å²) in [7, 11) is 1.60. The summed E-state index contributed by atoms with van der Waals surface area (Å²) in [6.07, 6.45) is 8.96. The van der Waals surface area contributed by atoms with Gasteiger partial charge in [0.05, 0.1) is 13.2 Å². The largest absolute Gasteiger partial charge is 0.497 e. The minimum absolute atomic E-state index is 0.143. The first kappa shape index (κ1) is 23.5. The van der Waals surface area contributed by atoms with Crippen LogP contribution in [0, 0.1) is 5.92 Å². The fraction of sp³-hybridized carbons (Fsp3) is 0.385.